The fourth-order valence-corrected chi connectivity index (χ4v) is 3.96. The lowest BCUT2D eigenvalue weighted by Crippen LogP contribution is -2.11. The summed E-state index contributed by atoms with van der Waals surface area (Å²) < 4.78 is 0. The van der Waals surface area contributed by atoms with Crippen molar-refractivity contribution in [2.45, 2.75) is 45.6 Å². The molecule has 1 aromatic carbocycles. The first kappa shape index (κ1) is 13.8. The molecule has 2 aromatic rings. The first-order valence-corrected chi connectivity index (χ1v) is 8.27. The van der Waals surface area contributed by atoms with Gasteiger partial charge in [-0.1, -0.05) is 12.1 Å². The largest absolute Gasteiger partial charge is 0.312 e. The van der Waals surface area contributed by atoms with Gasteiger partial charge in [0.1, 0.15) is 0 Å². The van der Waals surface area contributed by atoms with E-state index < -0.39 is 0 Å². The standard InChI is InChI=1S/C17H22N2S/c1-11(18-3)17-16(19-12(2)20-17)15-9-8-13-6-4-5-7-14(13)10-15/h8-11,18H,4-7H2,1-3H3. The van der Waals surface area contributed by atoms with Crippen LogP contribution in [0.15, 0.2) is 18.2 Å². The fraction of sp³-hybridized carbons (Fsp3) is 0.471. The van der Waals surface area contributed by atoms with Gasteiger partial charge in [0.25, 0.3) is 0 Å². The van der Waals surface area contributed by atoms with E-state index in [0.717, 1.165) is 5.01 Å². The zero-order chi connectivity index (χ0) is 14.1. The number of nitrogens with one attached hydrogen (secondary N) is 1. The van der Waals surface area contributed by atoms with Gasteiger partial charge in [-0.2, -0.15) is 0 Å². The third kappa shape index (κ3) is 2.52. The lowest BCUT2D eigenvalue weighted by Gasteiger charge is -2.17. The van der Waals surface area contributed by atoms with E-state index in [0.29, 0.717) is 6.04 Å². The van der Waals surface area contributed by atoms with E-state index in [1.807, 2.05) is 7.05 Å². The van der Waals surface area contributed by atoms with Gasteiger partial charge in [0, 0.05) is 16.5 Å². The minimum Gasteiger partial charge on any atom is -0.312 e. The number of benzene rings is 1. The molecule has 0 radical (unpaired) electrons. The molecule has 1 aliphatic rings. The molecule has 1 aromatic heterocycles. The molecule has 1 unspecified atom stereocenters. The fourth-order valence-electron chi connectivity index (χ4n) is 2.95. The van der Waals surface area contributed by atoms with Gasteiger partial charge in [0.05, 0.1) is 10.7 Å². The average molecular weight is 286 g/mol. The van der Waals surface area contributed by atoms with E-state index in [9.17, 15) is 0 Å². The zero-order valence-electron chi connectivity index (χ0n) is 12.5. The Labute approximate surface area is 125 Å². The normalized spacial score (nSPS) is 15.9. The van der Waals surface area contributed by atoms with E-state index in [-0.39, 0.29) is 0 Å². The smallest absolute Gasteiger partial charge is 0.0905 e. The van der Waals surface area contributed by atoms with Crippen molar-refractivity contribution in [3.8, 4) is 11.3 Å². The lowest BCUT2D eigenvalue weighted by molar-refractivity contribution is 0.664. The number of hydrogen-bond acceptors (Lipinski definition) is 3. The third-order valence-electron chi connectivity index (χ3n) is 4.21. The number of nitrogens with zero attached hydrogens (tertiary/aromatic N) is 1. The summed E-state index contributed by atoms with van der Waals surface area (Å²) in [5.41, 5.74) is 5.52. The van der Waals surface area contributed by atoms with Gasteiger partial charge >= 0.3 is 0 Å². The molecule has 3 heteroatoms. The maximum Gasteiger partial charge on any atom is 0.0905 e. The van der Waals surface area contributed by atoms with Crippen molar-refractivity contribution >= 4 is 11.3 Å². The summed E-state index contributed by atoms with van der Waals surface area (Å²) in [4.78, 5) is 6.13. The third-order valence-corrected chi connectivity index (χ3v) is 5.36. The van der Waals surface area contributed by atoms with Gasteiger partial charge in [0.15, 0.2) is 0 Å². The summed E-state index contributed by atoms with van der Waals surface area (Å²) in [7, 11) is 2.01. The van der Waals surface area contributed by atoms with Crippen molar-refractivity contribution in [1.29, 1.82) is 0 Å². The predicted octanol–water partition coefficient (Wildman–Crippen LogP) is 4.28. The minimum atomic E-state index is 0.354. The molecule has 1 N–H and O–H groups in total. The van der Waals surface area contributed by atoms with Crippen LogP contribution < -0.4 is 5.32 Å². The number of rotatable bonds is 3. The maximum atomic E-state index is 4.78. The van der Waals surface area contributed by atoms with Crippen molar-refractivity contribution < 1.29 is 0 Å². The number of hydrogen-bond donors (Lipinski definition) is 1. The molecule has 3 rings (SSSR count). The topological polar surface area (TPSA) is 24.9 Å². The van der Waals surface area contributed by atoms with E-state index in [1.165, 1.54) is 52.9 Å². The Morgan fingerprint density at radius 3 is 2.70 bits per heavy atom. The molecule has 0 aliphatic heterocycles. The molecular formula is C17H22N2S. The SMILES string of the molecule is CNC(C)c1sc(C)nc1-c1ccc2c(c1)CCCC2. The van der Waals surface area contributed by atoms with Gasteiger partial charge < -0.3 is 5.32 Å². The molecule has 2 nitrogen and oxygen atoms in total. The van der Waals surface area contributed by atoms with E-state index in [1.54, 1.807) is 11.3 Å². The Balaban J connectivity index is 2.04. The van der Waals surface area contributed by atoms with Gasteiger partial charge in [-0.15, -0.1) is 11.3 Å². The molecule has 1 heterocycles. The molecular weight excluding hydrogens is 264 g/mol. The number of fused-ring (bicyclic) bond motifs is 1. The second-order valence-electron chi connectivity index (χ2n) is 5.65. The van der Waals surface area contributed by atoms with Crippen molar-refractivity contribution in [2.24, 2.45) is 0 Å². The molecule has 0 spiro atoms. The minimum absolute atomic E-state index is 0.354. The molecule has 0 bridgehead atoms. The van der Waals surface area contributed by atoms with Crippen LogP contribution in [-0.4, -0.2) is 12.0 Å². The van der Waals surface area contributed by atoms with E-state index in [4.69, 9.17) is 4.98 Å². The van der Waals surface area contributed by atoms with E-state index >= 15 is 0 Å². The highest BCUT2D eigenvalue weighted by Gasteiger charge is 2.17. The number of aromatic nitrogens is 1. The zero-order valence-corrected chi connectivity index (χ0v) is 13.3. The van der Waals surface area contributed by atoms with Gasteiger partial charge in [-0.3, -0.25) is 0 Å². The average Bonchev–Trinajstić information content (AvgIpc) is 2.88. The van der Waals surface area contributed by atoms with E-state index in [2.05, 4.69) is 37.4 Å². The van der Waals surface area contributed by atoms with Crippen molar-refractivity contribution in [1.82, 2.24) is 10.3 Å². The molecule has 0 saturated carbocycles. The number of thiazole rings is 1. The highest BCUT2D eigenvalue weighted by Crippen LogP contribution is 2.34. The Hall–Kier alpha value is -1.19. The van der Waals surface area contributed by atoms with Crippen LogP contribution in [0.1, 0.15) is 46.8 Å². The molecule has 1 aliphatic carbocycles. The summed E-state index contributed by atoms with van der Waals surface area (Å²) in [6.45, 7) is 4.30. The Morgan fingerprint density at radius 1 is 1.20 bits per heavy atom. The van der Waals surface area contributed by atoms with Crippen LogP contribution in [0.2, 0.25) is 0 Å². The van der Waals surface area contributed by atoms with Crippen LogP contribution in [0.4, 0.5) is 0 Å². The molecule has 1 atom stereocenters. The lowest BCUT2D eigenvalue weighted by atomic mass is 9.89. The Kier molecular flexibility index (Phi) is 3.90. The Morgan fingerprint density at radius 2 is 1.95 bits per heavy atom. The highest BCUT2D eigenvalue weighted by atomic mass is 32.1. The van der Waals surface area contributed by atoms with Crippen LogP contribution in [0.5, 0.6) is 0 Å². The number of aryl methyl sites for hydroxylation is 3. The van der Waals surface area contributed by atoms with Crippen LogP contribution in [-0.2, 0) is 12.8 Å². The van der Waals surface area contributed by atoms with Crippen molar-refractivity contribution in [3.05, 3.63) is 39.2 Å². The molecule has 0 saturated heterocycles. The highest BCUT2D eigenvalue weighted by molar-refractivity contribution is 7.12. The molecule has 0 amide bonds. The summed E-state index contributed by atoms with van der Waals surface area (Å²) in [6.07, 6.45) is 5.13. The summed E-state index contributed by atoms with van der Waals surface area (Å²) in [5.74, 6) is 0. The first-order valence-electron chi connectivity index (χ1n) is 7.46. The summed E-state index contributed by atoms with van der Waals surface area (Å²) in [6, 6.07) is 7.29. The quantitative estimate of drug-likeness (QED) is 0.911. The van der Waals surface area contributed by atoms with Crippen molar-refractivity contribution in [2.75, 3.05) is 7.05 Å². The molecule has 106 valence electrons. The van der Waals surface area contributed by atoms with Crippen LogP contribution in [0.25, 0.3) is 11.3 Å². The molecule has 0 fully saturated rings. The van der Waals surface area contributed by atoms with Crippen molar-refractivity contribution in [3.63, 3.8) is 0 Å². The van der Waals surface area contributed by atoms with Crippen LogP contribution in [0.3, 0.4) is 0 Å². The first-order chi connectivity index (χ1) is 9.69. The van der Waals surface area contributed by atoms with Gasteiger partial charge in [-0.25, -0.2) is 4.98 Å². The van der Waals surface area contributed by atoms with Crippen LogP contribution >= 0.6 is 11.3 Å². The van der Waals surface area contributed by atoms with Gasteiger partial charge in [-0.05, 0) is 63.8 Å². The summed E-state index contributed by atoms with van der Waals surface area (Å²) >= 11 is 1.81. The predicted molar refractivity (Wildman–Crippen MR) is 86.4 cm³/mol. The second-order valence-corrected chi connectivity index (χ2v) is 6.88. The summed E-state index contributed by atoms with van der Waals surface area (Å²) in [5, 5.41) is 4.49. The molecule has 20 heavy (non-hydrogen) atoms. The van der Waals surface area contributed by atoms with Crippen LogP contribution in [0, 0.1) is 6.92 Å². The monoisotopic (exact) mass is 286 g/mol. The maximum absolute atomic E-state index is 4.78. The Bertz CT molecular complexity index is 615. The van der Waals surface area contributed by atoms with Gasteiger partial charge in [0.2, 0.25) is 0 Å². The second kappa shape index (κ2) is 5.66.